The molecule has 0 saturated carbocycles. The molecule has 0 spiro atoms. The van der Waals surface area contributed by atoms with E-state index in [-0.39, 0.29) is 18.7 Å². The average molecular weight is 521 g/mol. The van der Waals surface area contributed by atoms with Gasteiger partial charge in [-0.3, -0.25) is 29.4 Å². The summed E-state index contributed by atoms with van der Waals surface area (Å²) in [6, 6.07) is 6.92. The predicted molar refractivity (Wildman–Crippen MR) is 131 cm³/mol. The topological polar surface area (TPSA) is 125 Å². The number of hydrogen-bond acceptors (Lipinski definition) is 10. The van der Waals surface area contributed by atoms with Crippen LogP contribution in [0, 0.1) is 0 Å². The molecule has 0 bridgehead atoms. The van der Waals surface area contributed by atoms with E-state index >= 15 is 0 Å². The van der Waals surface area contributed by atoms with Gasteiger partial charge in [-0.2, -0.15) is 4.37 Å². The number of amides is 4. The monoisotopic (exact) mass is 520 g/mol. The summed E-state index contributed by atoms with van der Waals surface area (Å²) >= 11 is 2.82. The maximum Gasteiger partial charge on any atom is 0.278 e. The minimum Gasteiger partial charge on any atom is -0.360 e. The molecule has 4 amide bonds. The van der Waals surface area contributed by atoms with Gasteiger partial charge in [0.1, 0.15) is 21.8 Å². The van der Waals surface area contributed by atoms with Crippen LogP contribution in [0.5, 0.6) is 0 Å². The van der Waals surface area contributed by atoms with Gasteiger partial charge in [-0.05, 0) is 36.9 Å². The van der Waals surface area contributed by atoms with Crippen LogP contribution in [0.2, 0.25) is 0 Å². The number of piperidine rings is 1. The summed E-state index contributed by atoms with van der Waals surface area (Å²) in [5, 5.41) is 5.81. The molecule has 10 nitrogen and oxygen atoms in total. The van der Waals surface area contributed by atoms with Gasteiger partial charge >= 0.3 is 0 Å². The second-order valence-corrected chi connectivity index (χ2v) is 10.5. The lowest BCUT2D eigenvalue weighted by Crippen LogP contribution is -2.55. The smallest absolute Gasteiger partial charge is 0.278 e. The predicted octanol–water partition coefficient (Wildman–Crippen LogP) is 2.35. The quantitative estimate of drug-likeness (QED) is 0.508. The molecule has 3 aliphatic rings. The molecule has 1 atom stereocenters. The molecule has 1 aromatic carbocycles. The lowest BCUT2D eigenvalue weighted by molar-refractivity contribution is -0.150. The number of imide groups is 2. The molecule has 0 aliphatic carbocycles. The molecule has 36 heavy (non-hydrogen) atoms. The highest BCUT2D eigenvalue weighted by molar-refractivity contribution is 7.13. The van der Waals surface area contributed by atoms with Crippen molar-refractivity contribution in [1.82, 2.24) is 29.5 Å². The van der Waals surface area contributed by atoms with Crippen LogP contribution < -0.4 is 5.32 Å². The first-order chi connectivity index (χ1) is 17.5. The zero-order valence-corrected chi connectivity index (χ0v) is 20.6. The molecule has 3 aliphatic heterocycles. The third-order valence-corrected chi connectivity index (χ3v) is 7.99. The van der Waals surface area contributed by atoms with Crippen LogP contribution in [0.4, 0.5) is 0 Å². The Morgan fingerprint density at radius 1 is 1.08 bits per heavy atom. The fraction of sp³-hybridized carbons (Fsp3) is 0.292. The van der Waals surface area contributed by atoms with Gasteiger partial charge in [0, 0.05) is 41.2 Å². The number of thiazole rings is 1. The molecule has 6 rings (SSSR count). The normalized spacial score (nSPS) is 20.3. The van der Waals surface area contributed by atoms with Crippen LogP contribution in [0.25, 0.3) is 22.0 Å². The molecule has 0 radical (unpaired) electrons. The van der Waals surface area contributed by atoms with Crippen molar-refractivity contribution in [3.8, 4) is 22.0 Å². The highest BCUT2D eigenvalue weighted by atomic mass is 32.1. The van der Waals surface area contributed by atoms with Crippen LogP contribution in [0.3, 0.4) is 0 Å². The molecule has 12 heteroatoms. The SMILES string of the molecule is O=C1CCC(N2C(=O)C3=C(C2=O)N(Cc2nc(-c4cccc(-c5nccs5)c4)ns2)CCC3)C(=O)N1. The van der Waals surface area contributed by atoms with Crippen molar-refractivity contribution >= 4 is 46.5 Å². The molecule has 2 aromatic heterocycles. The maximum atomic E-state index is 13.4. The van der Waals surface area contributed by atoms with E-state index in [0.29, 0.717) is 43.0 Å². The number of nitrogens with zero attached hydrogens (tertiary/aromatic N) is 5. The lowest BCUT2D eigenvalue weighted by atomic mass is 10.0. The summed E-state index contributed by atoms with van der Waals surface area (Å²) < 4.78 is 4.52. The van der Waals surface area contributed by atoms with Crippen molar-refractivity contribution in [3.63, 3.8) is 0 Å². The van der Waals surface area contributed by atoms with Crippen molar-refractivity contribution in [1.29, 1.82) is 0 Å². The van der Waals surface area contributed by atoms with E-state index in [4.69, 9.17) is 4.98 Å². The third-order valence-electron chi connectivity index (χ3n) is 6.47. The summed E-state index contributed by atoms with van der Waals surface area (Å²) in [5.74, 6) is -1.32. The zero-order valence-electron chi connectivity index (χ0n) is 19.0. The Bertz CT molecular complexity index is 1430. The van der Waals surface area contributed by atoms with Crippen molar-refractivity contribution in [3.05, 3.63) is 52.1 Å². The van der Waals surface area contributed by atoms with Gasteiger partial charge in [0.25, 0.3) is 11.8 Å². The Kier molecular flexibility index (Phi) is 5.69. The highest BCUT2D eigenvalue weighted by Gasteiger charge is 2.48. The van der Waals surface area contributed by atoms with Gasteiger partial charge in [-0.1, -0.05) is 18.2 Å². The molecule has 1 saturated heterocycles. The first-order valence-corrected chi connectivity index (χ1v) is 13.2. The minimum atomic E-state index is -0.964. The second kappa shape index (κ2) is 9.03. The van der Waals surface area contributed by atoms with E-state index in [2.05, 4.69) is 14.7 Å². The van der Waals surface area contributed by atoms with E-state index in [1.165, 1.54) is 11.5 Å². The molecule has 1 N–H and O–H groups in total. The Labute approximate surface area is 213 Å². The van der Waals surface area contributed by atoms with Crippen LogP contribution in [-0.4, -0.2) is 60.4 Å². The molecule has 1 fully saturated rings. The van der Waals surface area contributed by atoms with E-state index in [1.54, 1.807) is 17.5 Å². The van der Waals surface area contributed by atoms with Crippen LogP contribution >= 0.6 is 22.9 Å². The average Bonchev–Trinajstić information content (AvgIpc) is 3.62. The summed E-state index contributed by atoms with van der Waals surface area (Å²) in [4.78, 5) is 62.3. The van der Waals surface area contributed by atoms with Gasteiger partial charge in [0.05, 0.1) is 6.54 Å². The molecule has 182 valence electrons. The molecule has 3 aromatic rings. The van der Waals surface area contributed by atoms with Gasteiger partial charge in [0.15, 0.2) is 5.82 Å². The molecule has 1 unspecified atom stereocenters. The fourth-order valence-electron chi connectivity index (χ4n) is 4.82. The Balaban J connectivity index is 1.22. The summed E-state index contributed by atoms with van der Waals surface area (Å²) in [7, 11) is 0. The number of rotatable bonds is 5. The van der Waals surface area contributed by atoms with Gasteiger partial charge in [0.2, 0.25) is 11.8 Å². The summed E-state index contributed by atoms with van der Waals surface area (Å²) in [5.41, 5.74) is 2.63. The Morgan fingerprint density at radius 3 is 2.75 bits per heavy atom. The minimum absolute atomic E-state index is 0.0964. The largest absolute Gasteiger partial charge is 0.360 e. The number of hydrogen-bond donors (Lipinski definition) is 1. The first kappa shape index (κ1) is 22.7. The van der Waals surface area contributed by atoms with Crippen molar-refractivity contribution in [2.24, 2.45) is 0 Å². The summed E-state index contributed by atoms with van der Waals surface area (Å²) in [6.45, 7) is 0.931. The number of nitrogens with one attached hydrogen (secondary N) is 1. The number of carbonyl (C=O) groups excluding carboxylic acids is 4. The fourth-order valence-corrected chi connectivity index (χ4v) is 6.13. The zero-order chi connectivity index (χ0) is 24.8. The standard InChI is InChI=1S/C24H20N6O4S2/c31-17-7-6-16(21(32)26-17)30-23(33)15-5-2-9-29(19(15)24(30)34)12-18-27-20(28-36-18)13-3-1-4-14(11-13)22-25-8-10-35-22/h1,3-4,8,10-11,16H,2,5-7,9,12H2,(H,26,31,32). The highest BCUT2D eigenvalue weighted by Crippen LogP contribution is 2.35. The Hall–Kier alpha value is -3.77. The van der Waals surface area contributed by atoms with Crippen molar-refractivity contribution in [2.45, 2.75) is 38.3 Å². The maximum absolute atomic E-state index is 13.4. The molecular weight excluding hydrogens is 500 g/mol. The molecular formula is C24H20N6O4S2. The Morgan fingerprint density at radius 2 is 1.94 bits per heavy atom. The van der Waals surface area contributed by atoms with Crippen molar-refractivity contribution in [2.75, 3.05) is 6.54 Å². The first-order valence-electron chi connectivity index (χ1n) is 11.5. The van der Waals surface area contributed by atoms with E-state index in [0.717, 1.165) is 26.0 Å². The van der Waals surface area contributed by atoms with Crippen LogP contribution in [0.1, 0.15) is 30.7 Å². The van der Waals surface area contributed by atoms with E-state index in [1.807, 2.05) is 34.5 Å². The van der Waals surface area contributed by atoms with Crippen LogP contribution in [-0.2, 0) is 25.7 Å². The van der Waals surface area contributed by atoms with Crippen molar-refractivity contribution < 1.29 is 19.2 Å². The molecule has 5 heterocycles. The van der Waals surface area contributed by atoms with Crippen LogP contribution in [0.15, 0.2) is 47.1 Å². The van der Waals surface area contributed by atoms with Gasteiger partial charge in [-0.25, -0.2) is 9.97 Å². The lowest BCUT2D eigenvalue weighted by Gasteiger charge is -2.30. The number of carbonyl (C=O) groups is 4. The second-order valence-electron chi connectivity index (χ2n) is 8.73. The third kappa shape index (κ3) is 3.91. The van der Waals surface area contributed by atoms with E-state index in [9.17, 15) is 19.2 Å². The van der Waals surface area contributed by atoms with Gasteiger partial charge in [-0.15, -0.1) is 11.3 Å². The summed E-state index contributed by atoms with van der Waals surface area (Å²) in [6.07, 6.45) is 3.19. The number of benzene rings is 1. The number of aromatic nitrogens is 3. The van der Waals surface area contributed by atoms with E-state index < -0.39 is 23.8 Å². The van der Waals surface area contributed by atoms with Gasteiger partial charge < -0.3 is 4.90 Å².